The summed E-state index contributed by atoms with van der Waals surface area (Å²) in [5.74, 6) is 0.243. The first-order chi connectivity index (χ1) is 9.81. The van der Waals surface area contributed by atoms with Gasteiger partial charge >= 0.3 is 0 Å². The molecule has 0 aliphatic rings. The van der Waals surface area contributed by atoms with E-state index in [1.54, 1.807) is 0 Å². The van der Waals surface area contributed by atoms with Gasteiger partial charge in [0.2, 0.25) is 10.0 Å². The molecule has 2 aromatic rings. The summed E-state index contributed by atoms with van der Waals surface area (Å²) < 4.78 is 26.5. The van der Waals surface area contributed by atoms with Gasteiger partial charge in [0.25, 0.3) is 5.69 Å². The molecular formula is C10H10ClN5O4S. The van der Waals surface area contributed by atoms with Gasteiger partial charge < -0.3 is 5.73 Å². The highest BCUT2D eigenvalue weighted by molar-refractivity contribution is 7.89. The number of aromatic nitrogens is 2. The number of hydrogen-bond acceptors (Lipinski definition) is 6. The molecule has 0 bridgehead atoms. The number of sulfonamides is 1. The maximum atomic E-state index is 12.1. The third-order valence-electron chi connectivity index (χ3n) is 2.62. The third-order valence-corrected chi connectivity index (χ3v) is 4.50. The van der Waals surface area contributed by atoms with Crippen LogP contribution >= 0.6 is 11.6 Å². The molecule has 0 aliphatic carbocycles. The fourth-order valence-corrected chi connectivity index (χ4v) is 3.08. The maximum absolute atomic E-state index is 12.1. The van der Waals surface area contributed by atoms with Crippen molar-refractivity contribution in [2.24, 2.45) is 0 Å². The van der Waals surface area contributed by atoms with Crippen molar-refractivity contribution in [2.45, 2.75) is 11.4 Å². The van der Waals surface area contributed by atoms with Crippen LogP contribution in [-0.2, 0) is 16.6 Å². The van der Waals surface area contributed by atoms with Gasteiger partial charge in [0.1, 0.15) is 10.7 Å². The number of nitrogens with one attached hydrogen (secondary N) is 2. The largest absolute Gasteiger partial charge is 0.384 e. The van der Waals surface area contributed by atoms with E-state index < -0.39 is 14.9 Å². The highest BCUT2D eigenvalue weighted by atomic mass is 35.5. The van der Waals surface area contributed by atoms with Crippen molar-refractivity contribution >= 4 is 33.1 Å². The maximum Gasteiger partial charge on any atom is 0.271 e. The predicted molar refractivity (Wildman–Crippen MR) is 75.1 cm³/mol. The molecule has 1 aromatic carbocycles. The van der Waals surface area contributed by atoms with Crippen molar-refractivity contribution in [2.75, 3.05) is 5.73 Å². The number of non-ortho nitro benzene ring substituents is 1. The quantitative estimate of drug-likeness (QED) is 0.551. The fraction of sp³-hybridized carbons (Fsp3) is 0.100. The molecule has 1 aromatic heterocycles. The number of nitrogens with zero attached hydrogens (tertiary/aromatic N) is 2. The molecule has 1 heterocycles. The van der Waals surface area contributed by atoms with Gasteiger partial charge in [0.05, 0.1) is 16.1 Å². The van der Waals surface area contributed by atoms with E-state index in [2.05, 4.69) is 14.9 Å². The normalized spacial score (nSPS) is 11.5. The number of nitro benzene ring substituents is 1. The Hall–Kier alpha value is -2.17. The van der Waals surface area contributed by atoms with Crippen LogP contribution in [0.3, 0.4) is 0 Å². The molecule has 21 heavy (non-hydrogen) atoms. The highest BCUT2D eigenvalue weighted by Crippen LogP contribution is 2.26. The van der Waals surface area contributed by atoms with Gasteiger partial charge in [-0.1, -0.05) is 11.6 Å². The lowest BCUT2D eigenvalue weighted by Gasteiger charge is -2.07. The lowest BCUT2D eigenvalue weighted by molar-refractivity contribution is -0.384. The molecule has 0 amide bonds. The predicted octanol–water partition coefficient (Wildman–Crippen LogP) is 1.03. The minimum absolute atomic E-state index is 0.0853. The molecule has 0 radical (unpaired) electrons. The zero-order chi connectivity index (χ0) is 15.6. The Balaban J connectivity index is 2.23. The van der Waals surface area contributed by atoms with Crippen LogP contribution in [0.2, 0.25) is 5.02 Å². The van der Waals surface area contributed by atoms with Gasteiger partial charge in [0.15, 0.2) is 0 Å². The zero-order valence-corrected chi connectivity index (χ0v) is 12.0. The number of rotatable bonds is 5. The third kappa shape index (κ3) is 3.29. The second kappa shape index (κ2) is 5.68. The summed E-state index contributed by atoms with van der Waals surface area (Å²) in [5.41, 5.74) is 5.71. The fourth-order valence-electron chi connectivity index (χ4n) is 1.53. The molecule has 11 heteroatoms. The van der Waals surface area contributed by atoms with Gasteiger partial charge in [-0.25, -0.2) is 13.1 Å². The zero-order valence-electron chi connectivity index (χ0n) is 10.4. The minimum atomic E-state index is -3.93. The summed E-state index contributed by atoms with van der Waals surface area (Å²) >= 11 is 5.78. The Morgan fingerprint density at radius 2 is 2.19 bits per heavy atom. The molecule has 0 unspecified atom stereocenters. The van der Waals surface area contributed by atoms with E-state index in [1.165, 1.54) is 6.20 Å². The van der Waals surface area contributed by atoms with Crippen molar-refractivity contribution in [3.8, 4) is 0 Å². The van der Waals surface area contributed by atoms with Crippen molar-refractivity contribution in [1.29, 1.82) is 0 Å². The van der Waals surface area contributed by atoms with Crippen LogP contribution in [0.1, 0.15) is 5.56 Å². The van der Waals surface area contributed by atoms with Crippen molar-refractivity contribution in [3.63, 3.8) is 0 Å². The standard InChI is InChI=1S/C10H10ClN5O4S/c11-8-3-7(16(17)18)1-2-9(8)21(19,20)14-5-6-4-13-15-10(6)12/h1-4,14H,5H2,(H3,12,13,15). The average molecular weight is 332 g/mol. The van der Waals surface area contributed by atoms with E-state index in [0.29, 0.717) is 5.56 Å². The number of nitro groups is 1. The first-order valence-electron chi connectivity index (χ1n) is 5.52. The summed E-state index contributed by atoms with van der Waals surface area (Å²) in [4.78, 5) is 9.67. The molecular weight excluding hydrogens is 322 g/mol. The minimum Gasteiger partial charge on any atom is -0.384 e. The number of aromatic amines is 1. The van der Waals surface area contributed by atoms with Crippen LogP contribution in [0.25, 0.3) is 0 Å². The summed E-state index contributed by atoms with van der Waals surface area (Å²) in [6, 6.07) is 3.11. The number of halogens is 1. The Labute approximate surface area is 124 Å². The number of H-pyrrole nitrogens is 1. The van der Waals surface area contributed by atoms with E-state index >= 15 is 0 Å². The molecule has 112 valence electrons. The van der Waals surface area contributed by atoms with E-state index in [9.17, 15) is 18.5 Å². The topological polar surface area (TPSA) is 144 Å². The molecule has 2 rings (SSSR count). The number of anilines is 1. The number of nitrogens with two attached hydrogens (primary N) is 1. The SMILES string of the molecule is Nc1[nH]ncc1CNS(=O)(=O)c1ccc([N+](=O)[O-])cc1Cl. The van der Waals surface area contributed by atoms with E-state index in [4.69, 9.17) is 17.3 Å². The van der Waals surface area contributed by atoms with E-state index in [1.807, 2.05) is 0 Å². The molecule has 0 atom stereocenters. The Morgan fingerprint density at radius 3 is 2.71 bits per heavy atom. The lowest BCUT2D eigenvalue weighted by atomic mass is 10.3. The van der Waals surface area contributed by atoms with Crippen LogP contribution in [0.5, 0.6) is 0 Å². The van der Waals surface area contributed by atoms with Gasteiger partial charge in [-0.15, -0.1) is 0 Å². The van der Waals surface area contributed by atoms with Gasteiger partial charge in [-0.3, -0.25) is 15.2 Å². The van der Waals surface area contributed by atoms with Gasteiger partial charge in [-0.05, 0) is 6.07 Å². The molecule has 0 fully saturated rings. The molecule has 0 spiro atoms. The van der Waals surface area contributed by atoms with Crippen LogP contribution in [-0.4, -0.2) is 23.5 Å². The summed E-state index contributed by atoms with van der Waals surface area (Å²) in [6.07, 6.45) is 1.38. The summed E-state index contributed by atoms with van der Waals surface area (Å²) in [6.45, 7) is -0.0853. The molecule has 0 saturated heterocycles. The van der Waals surface area contributed by atoms with Crippen molar-refractivity contribution in [1.82, 2.24) is 14.9 Å². The van der Waals surface area contributed by atoms with Gasteiger partial charge in [0, 0.05) is 24.2 Å². The van der Waals surface area contributed by atoms with Gasteiger partial charge in [-0.2, -0.15) is 5.10 Å². The second-order valence-electron chi connectivity index (χ2n) is 4.01. The highest BCUT2D eigenvalue weighted by Gasteiger charge is 2.20. The molecule has 9 nitrogen and oxygen atoms in total. The Bertz CT molecular complexity index is 788. The second-order valence-corrected chi connectivity index (χ2v) is 6.15. The molecule has 4 N–H and O–H groups in total. The van der Waals surface area contributed by atoms with Crippen LogP contribution in [0, 0.1) is 10.1 Å². The Kier molecular flexibility index (Phi) is 4.11. The number of hydrogen-bond donors (Lipinski definition) is 3. The lowest BCUT2D eigenvalue weighted by Crippen LogP contribution is -2.23. The number of nitrogen functional groups attached to an aromatic ring is 1. The van der Waals surface area contributed by atoms with Crippen LogP contribution < -0.4 is 10.5 Å². The molecule has 0 aliphatic heterocycles. The molecule has 0 saturated carbocycles. The van der Waals surface area contributed by atoms with Crippen molar-refractivity contribution < 1.29 is 13.3 Å². The van der Waals surface area contributed by atoms with Crippen LogP contribution in [0.15, 0.2) is 29.3 Å². The Morgan fingerprint density at radius 1 is 1.48 bits per heavy atom. The summed E-state index contributed by atoms with van der Waals surface area (Å²) in [5, 5.41) is 16.5. The van der Waals surface area contributed by atoms with E-state index in [0.717, 1.165) is 18.2 Å². The average Bonchev–Trinajstić information content (AvgIpc) is 2.81. The van der Waals surface area contributed by atoms with Crippen molar-refractivity contribution in [3.05, 3.63) is 45.1 Å². The monoisotopic (exact) mass is 331 g/mol. The van der Waals surface area contributed by atoms with E-state index in [-0.39, 0.29) is 28.0 Å². The number of benzene rings is 1. The smallest absolute Gasteiger partial charge is 0.271 e. The summed E-state index contributed by atoms with van der Waals surface area (Å²) in [7, 11) is -3.93. The van der Waals surface area contributed by atoms with Crippen LogP contribution in [0.4, 0.5) is 11.5 Å². The first kappa shape index (κ1) is 15.2. The first-order valence-corrected chi connectivity index (χ1v) is 7.38.